The van der Waals surface area contributed by atoms with Gasteiger partial charge in [0.1, 0.15) is 4.83 Å². The number of halogens is 1. The fourth-order valence-corrected chi connectivity index (χ4v) is 4.39. The minimum absolute atomic E-state index is 0.595. The van der Waals surface area contributed by atoms with Crippen LogP contribution in [0.2, 0.25) is 5.02 Å². The second-order valence-electron chi connectivity index (χ2n) is 7.73. The Labute approximate surface area is 174 Å². The molecule has 148 valence electrons. The second kappa shape index (κ2) is 7.82. The van der Waals surface area contributed by atoms with Crippen LogP contribution < -0.4 is 0 Å². The molecule has 2 heterocycles. The first-order valence-corrected chi connectivity index (χ1v) is 10.4. The zero-order chi connectivity index (χ0) is 20.6. The van der Waals surface area contributed by atoms with Gasteiger partial charge in [0.05, 0.1) is 5.60 Å². The van der Waals surface area contributed by atoms with E-state index in [0.29, 0.717) is 16.3 Å². The minimum Gasteiger partial charge on any atom is -0.479 e. The van der Waals surface area contributed by atoms with Gasteiger partial charge in [0.2, 0.25) is 0 Å². The van der Waals surface area contributed by atoms with Gasteiger partial charge in [0.15, 0.2) is 6.10 Å². The Hall–Kier alpha value is -1.95. The van der Waals surface area contributed by atoms with E-state index in [4.69, 9.17) is 21.3 Å². The van der Waals surface area contributed by atoms with Gasteiger partial charge in [0, 0.05) is 32.1 Å². The number of aliphatic carboxylic acids is 1. The summed E-state index contributed by atoms with van der Waals surface area (Å²) in [7, 11) is 0. The quantitative estimate of drug-likeness (QED) is 0.519. The van der Waals surface area contributed by atoms with Gasteiger partial charge in [-0.2, -0.15) is 0 Å². The van der Waals surface area contributed by atoms with E-state index in [2.05, 4.69) is 13.0 Å². The van der Waals surface area contributed by atoms with Gasteiger partial charge in [-0.15, -0.1) is 11.3 Å². The van der Waals surface area contributed by atoms with Gasteiger partial charge in [-0.05, 0) is 57.9 Å². The van der Waals surface area contributed by atoms with Crippen LogP contribution in [-0.4, -0.2) is 21.7 Å². The monoisotopic (exact) mass is 417 g/mol. The predicted molar refractivity (Wildman–Crippen MR) is 115 cm³/mol. The molecular formula is C22H24ClNO3S. The number of carbonyl (C=O) groups is 1. The number of rotatable bonds is 5. The average Bonchev–Trinajstić information content (AvgIpc) is 3.01. The molecule has 0 unspecified atom stereocenters. The number of ether oxygens (including phenoxy) is 1. The molecule has 1 aromatic carbocycles. The summed E-state index contributed by atoms with van der Waals surface area (Å²) in [5.41, 5.74) is 2.40. The van der Waals surface area contributed by atoms with Gasteiger partial charge in [-0.1, -0.05) is 30.7 Å². The summed E-state index contributed by atoms with van der Waals surface area (Å²) in [4.78, 5) is 19.0. The molecule has 0 saturated carbocycles. The first-order chi connectivity index (χ1) is 13.1. The van der Waals surface area contributed by atoms with Crippen molar-refractivity contribution in [3.8, 4) is 11.1 Å². The molecule has 3 aromatic rings. The van der Waals surface area contributed by atoms with Crippen molar-refractivity contribution in [1.82, 2.24) is 4.98 Å². The molecule has 0 amide bonds. The molecule has 0 radical (unpaired) electrons. The molecule has 0 aliphatic heterocycles. The van der Waals surface area contributed by atoms with Crippen LogP contribution in [0, 0.1) is 6.92 Å². The molecule has 0 fully saturated rings. The van der Waals surface area contributed by atoms with Crippen molar-refractivity contribution < 1.29 is 14.6 Å². The highest BCUT2D eigenvalue weighted by Gasteiger charge is 2.32. The minimum atomic E-state index is -1.12. The lowest BCUT2D eigenvalue weighted by atomic mass is 9.92. The van der Waals surface area contributed by atoms with Crippen LogP contribution >= 0.6 is 22.9 Å². The van der Waals surface area contributed by atoms with Gasteiger partial charge in [-0.3, -0.25) is 0 Å². The van der Waals surface area contributed by atoms with E-state index < -0.39 is 17.7 Å². The maximum atomic E-state index is 12.2. The third-order valence-electron chi connectivity index (χ3n) is 4.40. The average molecular weight is 418 g/mol. The second-order valence-corrected chi connectivity index (χ2v) is 9.28. The number of aryl methyl sites for hydroxylation is 2. The smallest absolute Gasteiger partial charge is 0.337 e. The van der Waals surface area contributed by atoms with Crippen molar-refractivity contribution in [3.63, 3.8) is 0 Å². The Balaban J connectivity index is 2.37. The summed E-state index contributed by atoms with van der Waals surface area (Å²) in [6.07, 6.45) is -0.219. The van der Waals surface area contributed by atoms with Crippen LogP contribution in [0.4, 0.5) is 0 Å². The van der Waals surface area contributed by atoms with Crippen molar-refractivity contribution in [3.05, 3.63) is 51.5 Å². The summed E-state index contributed by atoms with van der Waals surface area (Å²) < 4.78 is 5.97. The van der Waals surface area contributed by atoms with E-state index in [1.807, 2.05) is 52.0 Å². The van der Waals surface area contributed by atoms with Crippen LogP contribution in [0.3, 0.4) is 0 Å². The lowest BCUT2D eigenvalue weighted by molar-refractivity contribution is -0.160. The number of hydrogen-bond donors (Lipinski definition) is 1. The number of aromatic nitrogens is 1. The molecular weight excluding hydrogens is 394 g/mol. The lowest BCUT2D eigenvalue weighted by Gasteiger charge is -2.27. The number of benzene rings is 1. The molecule has 0 aliphatic carbocycles. The summed E-state index contributed by atoms with van der Waals surface area (Å²) in [5, 5.41) is 11.6. The molecule has 0 spiro atoms. The topological polar surface area (TPSA) is 59.4 Å². The highest BCUT2D eigenvalue weighted by Crippen LogP contribution is 2.42. The normalized spacial score (nSPS) is 13.1. The Morgan fingerprint density at radius 2 is 1.93 bits per heavy atom. The van der Waals surface area contributed by atoms with E-state index in [0.717, 1.165) is 27.8 Å². The Kier molecular flexibility index (Phi) is 5.80. The maximum absolute atomic E-state index is 12.2. The lowest BCUT2D eigenvalue weighted by Crippen LogP contribution is -2.28. The molecule has 6 heteroatoms. The number of thiophene rings is 1. The number of carboxylic acids is 1. The first-order valence-electron chi connectivity index (χ1n) is 9.20. The van der Waals surface area contributed by atoms with E-state index in [9.17, 15) is 9.90 Å². The first kappa shape index (κ1) is 20.8. The Morgan fingerprint density at radius 3 is 2.46 bits per heavy atom. The van der Waals surface area contributed by atoms with Crippen molar-refractivity contribution in [1.29, 1.82) is 0 Å². The number of fused-ring (bicyclic) bond motifs is 1. The molecule has 0 saturated heterocycles. The zero-order valence-corrected chi connectivity index (χ0v) is 18.2. The molecule has 0 bridgehead atoms. The highest BCUT2D eigenvalue weighted by molar-refractivity contribution is 7.18. The van der Waals surface area contributed by atoms with Crippen LogP contribution in [0.25, 0.3) is 21.3 Å². The van der Waals surface area contributed by atoms with Crippen LogP contribution in [0.5, 0.6) is 0 Å². The van der Waals surface area contributed by atoms with Crippen molar-refractivity contribution >= 4 is 39.1 Å². The third-order valence-corrected chi connectivity index (χ3v) is 5.83. The summed E-state index contributed by atoms with van der Waals surface area (Å²) in [6, 6.07) is 9.57. The van der Waals surface area contributed by atoms with Crippen LogP contribution in [0.15, 0.2) is 30.3 Å². The van der Waals surface area contributed by atoms with Crippen molar-refractivity contribution in [2.75, 3.05) is 0 Å². The zero-order valence-electron chi connectivity index (χ0n) is 16.7. The molecule has 4 nitrogen and oxygen atoms in total. The van der Waals surface area contributed by atoms with E-state index in [1.54, 1.807) is 11.3 Å². The summed E-state index contributed by atoms with van der Waals surface area (Å²) in [5.74, 6) is -1.03. The van der Waals surface area contributed by atoms with Crippen molar-refractivity contribution in [2.45, 2.75) is 52.7 Å². The fourth-order valence-electron chi connectivity index (χ4n) is 3.24. The fraction of sp³-hybridized carbons (Fsp3) is 0.364. The van der Waals surface area contributed by atoms with Crippen LogP contribution in [-0.2, 0) is 16.0 Å². The van der Waals surface area contributed by atoms with Gasteiger partial charge < -0.3 is 9.84 Å². The standard InChI is InChI=1S/C22H24ClNO3S/c1-6-15-11-16-18(13-7-9-14(23)10-8-13)17(12(2)24-20(16)28-15)19(21(25)26)27-22(3,4)5/h7-11,19H,6H2,1-5H3,(H,25,26)/t19-/m0/s1. The molecule has 0 aliphatic rings. The number of nitrogens with zero attached hydrogens (tertiary/aromatic N) is 1. The van der Waals surface area contributed by atoms with E-state index in [-0.39, 0.29) is 0 Å². The van der Waals surface area contributed by atoms with Crippen LogP contribution in [0.1, 0.15) is 49.9 Å². The van der Waals surface area contributed by atoms with E-state index >= 15 is 0 Å². The Morgan fingerprint density at radius 1 is 1.29 bits per heavy atom. The molecule has 1 atom stereocenters. The van der Waals surface area contributed by atoms with Gasteiger partial charge in [0.25, 0.3) is 0 Å². The number of hydrogen-bond acceptors (Lipinski definition) is 4. The van der Waals surface area contributed by atoms with Gasteiger partial charge >= 0.3 is 5.97 Å². The number of carboxylic acid groups (broad SMARTS) is 1. The van der Waals surface area contributed by atoms with Gasteiger partial charge in [-0.25, -0.2) is 9.78 Å². The summed E-state index contributed by atoms with van der Waals surface area (Å²) >= 11 is 7.73. The molecule has 28 heavy (non-hydrogen) atoms. The molecule has 1 N–H and O–H groups in total. The van der Waals surface area contributed by atoms with E-state index in [1.165, 1.54) is 4.88 Å². The largest absolute Gasteiger partial charge is 0.479 e. The SMILES string of the molecule is CCc1cc2c(-c3ccc(Cl)cc3)c([C@H](OC(C)(C)C)C(=O)O)c(C)nc2s1. The Bertz CT molecular complexity index is 1020. The molecule has 2 aromatic heterocycles. The maximum Gasteiger partial charge on any atom is 0.337 e. The highest BCUT2D eigenvalue weighted by atomic mass is 35.5. The molecule has 3 rings (SSSR count). The summed E-state index contributed by atoms with van der Waals surface area (Å²) in [6.45, 7) is 9.51. The van der Waals surface area contributed by atoms with Crippen molar-refractivity contribution in [2.24, 2.45) is 0 Å². The third kappa shape index (κ3) is 4.22. The predicted octanol–water partition coefficient (Wildman–Crippen LogP) is 6.43. The number of pyridine rings is 1.